The summed E-state index contributed by atoms with van der Waals surface area (Å²) < 4.78 is 25.5. The van der Waals surface area contributed by atoms with E-state index >= 15 is 0 Å². The minimum atomic E-state index is -3.00. The second-order valence-electron chi connectivity index (χ2n) is 4.41. The van der Waals surface area contributed by atoms with Crippen LogP contribution in [0.4, 0.5) is 5.69 Å². The number of nitrogens with zero attached hydrogens (tertiary/aromatic N) is 2. The van der Waals surface area contributed by atoms with E-state index in [0.717, 1.165) is 10.0 Å². The van der Waals surface area contributed by atoms with E-state index in [4.69, 9.17) is 5.73 Å². The van der Waals surface area contributed by atoms with Gasteiger partial charge in [-0.25, -0.2) is 8.42 Å². The number of sulfone groups is 1. The van der Waals surface area contributed by atoms with Crippen molar-refractivity contribution in [1.29, 1.82) is 0 Å². The fourth-order valence-electron chi connectivity index (χ4n) is 1.79. The van der Waals surface area contributed by atoms with Crippen molar-refractivity contribution < 1.29 is 8.42 Å². The summed E-state index contributed by atoms with van der Waals surface area (Å²) >= 11 is 3.46. The first-order chi connectivity index (χ1) is 9.43. The molecule has 1 aromatic carbocycles. The molecular formula is C13H16BrN3O2S. The Morgan fingerprint density at radius 1 is 1.35 bits per heavy atom. The van der Waals surface area contributed by atoms with Gasteiger partial charge in [0.1, 0.15) is 5.69 Å². The van der Waals surface area contributed by atoms with E-state index in [1.165, 1.54) is 0 Å². The van der Waals surface area contributed by atoms with Gasteiger partial charge < -0.3 is 5.73 Å². The number of rotatable bonds is 5. The van der Waals surface area contributed by atoms with Crippen molar-refractivity contribution in [2.45, 2.75) is 13.5 Å². The highest BCUT2D eigenvalue weighted by molar-refractivity contribution is 9.10. The highest BCUT2D eigenvalue weighted by Crippen LogP contribution is 2.30. The minimum Gasteiger partial charge on any atom is -0.396 e. The molecule has 108 valence electrons. The van der Waals surface area contributed by atoms with Crippen LogP contribution in [0.2, 0.25) is 0 Å². The van der Waals surface area contributed by atoms with Crippen LogP contribution in [0.5, 0.6) is 0 Å². The average Bonchev–Trinajstić information content (AvgIpc) is 2.78. The topological polar surface area (TPSA) is 78.0 Å². The molecule has 7 heteroatoms. The van der Waals surface area contributed by atoms with Gasteiger partial charge in [-0.1, -0.05) is 41.1 Å². The Morgan fingerprint density at radius 3 is 2.70 bits per heavy atom. The zero-order chi connectivity index (χ0) is 14.8. The van der Waals surface area contributed by atoms with Crippen molar-refractivity contribution in [3.63, 3.8) is 0 Å². The molecule has 0 spiro atoms. The zero-order valence-electron chi connectivity index (χ0n) is 11.1. The Bertz CT molecular complexity index is 710. The molecule has 0 aliphatic carbocycles. The summed E-state index contributed by atoms with van der Waals surface area (Å²) in [6.07, 6.45) is 1.67. The molecule has 0 amide bonds. The van der Waals surface area contributed by atoms with Gasteiger partial charge in [0.25, 0.3) is 0 Å². The predicted molar refractivity (Wildman–Crippen MR) is 84.1 cm³/mol. The Hall–Kier alpha value is -1.34. The highest BCUT2D eigenvalue weighted by Gasteiger charge is 2.13. The van der Waals surface area contributed by atoms with E-state index in [1.807, 2.05) is 24.3 Å². The summed E-state index contributed by atoms with van der Waals surface area (Å²) in [5.74, 6) is 0.209. The van der Waals surface area contributed by atoms with Crippen molar-refractivity contribution in [2.24, 2.45) is 0 Å². The maximum absolute atomic E-state index is 11.5. The van der Waals surface area contributed by atoms with Gasteiger partial charge in [0, 0.05) is 22.0 Å². The number of nitrogen functional groups attached to an aromatic ring is 1. The molecule has 0 radical (unpaired) electrons. The summed E-state index contributed by atoms with van der Waals surface area (Å²) in [4.78, 5) is 0. The van der Waals surface area contributed by atoms with Gasteiger partial charge in [-0.05, 0) is 6.07 Å². The number of hydrogen-bond donors (Lipinski definition) is 1. The van der Waals surface area contributed by atoms with Gasteiger partial charge in [-0.2, -0.15) is 5.10 Å². The maximum Gasteiger partial charge on any atom is 0.151 e. The number of benzene rings is 1. The Balaban J connectivity index is 2.25. The third kappa shape index (κ3) is 3.40. The first-order valence-electron chi connectivity index (χ1n) is 6.21. The molecule has 0 unspecified atom stereocenters. The van der Waals surface area contributed by atoms with Crippen LogP contribution in [-0.2, 0) is 16.4 Å². The van der Waals surface area contributed by atoms with Crippen molar-refractivity contribution in [3.8, 4) is 11.3 Å². The molecule has 1 aromatic heterocycles. The first kappa shape index (κ1) is 15.1. The molecule has 2 N–H and O–H groups in total. The lowest BCUT2D eigenvalue weighted by molar-refractivity contribution is 0.582. The smallest absolute Gasteiger partial charge is 0.151 e. The fourth-order valence-corrected chi connectivity index (χ4v) is 3.02. The van der Waals surface area contributed by atoms with Crippen molar-refractivity contribution >= 4 is 31.5 Å². The standard InChI is InChI=1S/C13H16BrN3O2S/c1-2-20(18,19)8-7-17-9-12(15)13(16-17)10-5-3-4-6-11(10)14/h3-6,9H,2,7-8,15H2,1H3. The molecule has 2 aromatic rings. The van der Waals surface area contributed by atoms with Crippen molar-refractivity contribution in [3.05, 3.63) is 34.9 Å². The average molecular weight is 358 g/mol. The maximum atomic E-state index is 11.5. The van der Waals surface area contributed by atoms with Crippen molar-refractivity contribution in [1.82, 2.24) is 9.78 Å². The molecule has 0 saturated carbocycles. The monoisotopic (exact) mass is 357 g/mol. The lowest BCUT2D eigenvalue weighted by atomic mass is 10.1. The Morgan fingerprint density at radius 2 is 2.05 bits per heavy atom. The Kier molecular flexibility index (Phi) is 4.49. The van der Waals surface area contributed by atoms with Crippen LogP contribution in [-0.4, -0.2) is 29.7 Å². The Labute approximate surface area is 126 Å². The van der Waals surface area contributed by atoms with Gasteiger partial charge in [0.05, 0.1) is 18.0 Å². The molecule has 1 heterocycles. The van der Waals surface area contributed by atoms with Crippen LogP contribution in [0.25, 0.3) is 11.3 Å². The summed E-state index contributed by atoms with van der Waals surface area (Å²) in [5.41, 5.74) is 8.04. The highest BCUT2D eigenvalue weighted by atomic mass is 79.9. The van der Waals surface area contributed by atoms with E-state index in [1.54, 1.807) is 17.8 Å². The van der Waals surface area contributed by atoms with Gasteiger partial charge in [-0.15, -0.1) is 0 Å². The number of hydrogen-bond acceptors (Lipinski definition) is 4. The zero-order valence-corrected chi connectivity index (χ0v) is 13.5. The van der Waals surface area contributed by atoms with E-state index in [2.05, 4.69) is 21.0 Å². The molecule has 0 atom stereocenters. The molecule has 5 nitrogen and oxygen atoms in total. The molecule has 20 heavy (non-hydrogen) atoms. The van der Waals surface area contributed by atoms with Gasteiger partial charge in [-0.3, -0.25) is 4.68 Å². The molecule has 0 fully saturated rings. The SMILES string of the molecule is CCS(=O)(=O)CCn1cc(N)c(-c2ccccc2Br)n1. The summed E-state index contributed by atoms with van der Waals surface area (Å²) in [6.45, 7) is 1.95. The number of halogens is 1. The number of nitrogens with two attached hydrogens (primary N) is 1. The largest absolute Gasteiger partial charge is 0.396 e. The fraction of sp³-hybridized carbons (Fsp3) is 0.308. The van der Waals surface area contributed by atoms with Crippen LogP contribution < -0.4 is 5.73 Å². The summed E-state index contributed by atoms with van der Waals surface area (Å²) in [7, 11) is -3.00. The summed E-state index contributed by atoms with van der Waals surface area (Å²) in [6, 6.07) is 7.64. The van der Waals surface area contributed by atoms with Gasteiger partial charge in [0.2, 0.25) is 0 Å². The lowest BCUT2D eigenvalue weighted by Crippen LogP contribution is -2.14. The van der Waals surface area contributed by atoms with E-state index < -0.39 is 9.84 Å². The van der Waals surface area contributed by atoms with Gasteiger partial charge in [0.15, 0.2) is 9.84 Å². The molecule has 0 aliphatic heterocycles. The van der Waals surface area contributed by atoms with Crippen LogP contribution in [0.3, 0.4) is 0 Å². The number of anilines is 1. The van der Waals surface area contributed by atoms with Crippen LogP contribution in [0, 0.1) is 0 Å². The third-order valence-electron chi connectivity index (χ3n) is 2.99. The second kappa shape index (κ2) is 5.97. The molecule has 0 bridgehead atoms. The number of aryl methyl sites for hydroxylation is 1. The van der Waals surface area contributed by atoms with Crippen LogP contribution in [0.1, 0.15) is 6.92 Å². The van der Waals surface area contributed by atoms with Gasteiger partial charge >= 0.3 is 0 Å². The molecule has 0 aliphatic rings. The quantitative estimate of drug-likeness (QED) is 0.890. The second-order valence-corrected chi connectivity index (χ2v) is 7.74. The van der Waals surface area contributed by atoms with E-state index in [-0.39, 0.29) is 11.5 Å². The predicted octanol–water partition coefficient (Wildman–Crippen LogP) is 2.33. The minimum absolute atomic E-state index is 0.0695. The number of aromatic nitrogens is 2. The van der Waals surface area contributed by atoms with E-state index in [9.17, 15) is 8.42 Å². The normalized spacial score (nSPS) is 11.7. The molecule has 2 rings (SSSR count). The van der Waals surface area contributed by atoms with Crippen molar-refractivity contribution in [2.75, 3.05) is 17.2 Å². The third-order valence-corrected chi connectivity index (χ3v) is 5.37. The first-order valence-corrected chi connectivity index (χ1v) is 8.82. The molecule has 0 saturated heterocycles. The lowest BCUT2D eigenvalue weighted by Gasteiger charge is -2.02. The molecular weight excluding hydrogens is 342 g/mol. The van der Waals surface area contributed by atoms with Crippen LogP contribution >= 0.6 is 15.9 Å². The summed E-state index contributed by atoms with van der Waals surface area (Å²) in [5, 5.41) is 4.38. The van der Waals surface area contributed by atoms with E-state index in [0.29, 0.717) is 17.9 Å². The van der Waals surface area contributed by atoms with Crippen LogP contribution in [0.15, 0.2) is 34.9 Å².